The van der Waals surface area contributed by atoms with Crippen LogP contribution in [0.3, 0.4) is 0 Å². The molecule has 1 amide bonds. The second-order valence-corrected chi connectivity index (χ2v) is 9.78. The highest BCUT2D eigenvalue weighted by molar-refractivity contribution is 7.99. The molecule has 0 aliphatic carbocycles. The third-order valence-corrected chi connectivity index (χ3v) is 7.28. The maximum atomic E-state index is 12.8. The summed E-state index contributed by atoms with van der Waals surface area (Å²) in [5.74, 6) is 0.902. The summed E-state index contributed by atoms with van der Waals surface area (Å²) >= 11 is 1.41. The van der Waals surface area contributed by atoms with E-state index in [1.54, 1.807) is 31.2 Å². The number of likely N-dealkylation sites (N-methyl/N-ethyl adjacent to an activating group) is 1. The topological polar surface area (TPSA) is 108 Å². The van der Waals surface area contributed by atoms with Gasteiger partial charge in [-0.1, -0.05) is 66.7 Å². The zero-order valence-corrected chi connectivity index (χ0v) is 19.0. The molecule has 0 saturated carbocycles. The van der Waals surface area contributed by atoms with Crippen LogP contribution < -0.4 is 5.32 Å². The number of nitrogens with one attached hydrogen (secondary N) is 2. The quantitative estimate of drug-likeness (QED) is 0.356. The van der Waals surface area contributed by atoms with Crippen molar-refractivity contribution in [1.29, 1.82) is 0 Å². The monoisotopic (exact) mass is 459 g/mol. The summed E-state index contributed by atoms with van der Waals surface area (Å²) in [6, 6.07) is 16.3. The number of hydrogen-bond acceptors (Lipinski definition) is 6. The van der Waals surface area contributed by atoms with Gasteiger partial charge >= 0.3 is 0 Å². The largest absolute Gasteiger partial charge is 0.354 e. The molecule has 8 nitrogen and oxygen atoms in total. The zero-order chi connectivity index (χ0) is 22.3. The number of benzene rings is 2. The van der Waals surface area contributed by atoms with Gasteiger partial charge in [0.05, 0.1) is 11.4 Å². The van der Waals surface area contributed by atoms with Crippen LogP contribution in [0.1, 0.15) is 12.5 Å². The number of aromatic nitrogens is 3. The molecule has 0 radical (unpaired) electrons. The first-order chi connectivity index (χ1) is 14.9. The van der Waals surface area contributed by atoms with E-state index in [1.165, 1.54) is 16.1 Å². The lowest BCUT2D eigenvalue weighted by atomic mass is 10.2. The van der Waals surface area contributed by atoms with Gasteiger partial charge in [-0.3, -0.25) is 9.89 Å². The molecule has 0 unspecified atom stereocenters. The van der Waals surface area contributed by atoms with Gasteiger partial charge < -0.3 is 5.32 Å². The number of nitrogens with zero attached hydrogens (tertiary/aromatic N) is 3. The average molecular weight is 460 g/mol. The number of hydrogen-bond donors (Lipinski definition) is 2. The number of carbonyl (C=O) groups excluding carboxylic acids is 1. The number of aromatic amines is 1. The minimum atomic E-state index is -3.72. The Bertz CT molecular complexity index is 1100. The fraction of sp³-hybridized carbons (Fsp3) is 0.286. The molecule has 1 aromatic heterocycles. The minimum absolute atomic E-state index is 0.183. The van der Waals surface area contributed by atoms with Crippen LogP contribution in [0.15, 0.2) is 64.6 Å². The fourth-order valence-electron chi connectivity index (χ4n) is 2.81. The third-order valence-electron chi connectivity index (χ3n) is 4.50. The summed E-state index contributed by atoms with van der Waals surface area (Å²) in [5, 5.41) is 10.4. The predicted molar refractivity (Wildman–Crippen MR) is 121 cm³/mol. The van der Waals surface area contributed by atoms with Crippen LogP contribution in [0, 0.1) is 6.92 Å². The Morgan fingerprint density at radius 2 is 1.84 bits per heavy atom. The standard InChI is InChI=1S/C21H25N5O3S2/c1-3-26(31(28,29)18-11-9-16(2)10-12-18)15-19(27)22-13-14-30-21-23-20(24-25-21)17-7-5-4-6-8-17/h4-12H,3,13-15H2,1-2H3,(H,22,27)(H,23,24,25). The van der Waals surface area contributed by atoms with E-state index >= 15 is 0 Å². The Morgan fingerprint density at radius 3 is 2.52 bits per heavy atom. The summed E-state index contributed by atoms with van der Waals surface area (Å²) in [5.41, 5.74) is 1.92. The van der Waals surface area contributed by atoms with E-state index in [1.807, 2.05) is 37.3 Å². The molecule has 0 atom stereocenters. The average Bonchev–Trinajstić information content (AvgIpc) is 3.25. The summed E-state index contributed by atoms with van der Waals surface area (Å²) in [6.07, 6.45) is 0. The van der Waals surface area contributed by atoms with E-state index in [2.05, 4.69) is 20.5 Å². The van der Waals surface area contributed by atoms with Gasteiger partial charge in [-0.2, -0.15) is 4.31 Å². The minimum Gasteiger partial charge on any atom is -0.354 e. The molecule has 3 rings (SSSR count). The van der Waals surface area contributed by atoms with Gasteiger partial charge in [0.1, 0.15) is 0 Å². The first-order valence-corrected chi connectivity index (χ1v) is 12.3. The van der Waals surface area contributed by atoms with Crippen LogP contribution in [0.25, 0.3) is 11.4 Å². The van der Waals surface area contributed by atoms with Crippen molar-refractivity contribution in [3.05, 3.63) is 60.2 Å². The highest BCUT2D eigenvalue weighted by Gasteiger charge is 2.25. The van der Waals surface area contributed by atoms with E-state index < -0.39 is 10.0 Å². The zero-order valence-electron chi connectivity index (χ0n) is 17.4. The van der Waals surface area contributed by atoms with Crippen LogP contribution in [0.4, 0.5) is 0 Å². The predicted octanol–water partition coefficient (Wildman–Crippen LogP) is 2.70. The van der Waals surface area contributed by atoms with Gasteiger partial charge in [0.25, 0.3) is 0 Å². The molecule has 1 heterocycles. The van der Waals surface area contributed by atoms with E-state index in [0.29, 0.717) is 23.3 Å². The van der Waals surface area contributed by atoms with Gasteiger partial charge in [-0.05, 0) is 19.1 Å². The molecule has 2 aromatic carbocycles. The lowest BCUT2D eigenvalue weighted by Gasteiger charge is -2.20. The fourth-order valence-corrected chi connectivity index (χ4v) is 4.87. The Morgan fingerprint density at radius 1 is 1.13 bits per heavy atom. The number of rotatable bonds is 10. The van der Waals surface area contributed by atoms with Crippen molar-refractivity contribution in [2.45, 2.75) is 23.9 Å². The number of amides is 1. The number of carbonyl (C=O) groups is 1. The lowest BCUT2D eigenvalue weighted by molar-refractivity contribution is -0.121. The first-order valence-electron chi connectivity index (χ1n) is 9.84. The summed E-state index contributed by atoms with van der Waals surface area (Å²) in [7, 11) is -3.72. The van der Waals surface area contributed by atoms with Crippen molar-refractivity contribution in [1.82, 2.24) is 24.8 Å². The van der Waals surface area contributed by atoms with E-state index in [4.69, 9.17) is 0 Å². The number of sulfonamides is 1. The van der Waals surface area contributed by atoms with Gasteiger partial charge in [0, 0.05) is 24.4 Å². The highest BCUT2D eigenvalue weighted by Crippen LogP contribution is 2.18. The highest BCUT2D eigenvalue weighted by atomic mass is 32.2. The molecule has 31 heavy (non-hydrogen) atoms. The van der Waals surface area contributed by atoms with Crippen LogP contribution in [0.5, 0.6) is 0 Å². The Kier molecular flexibility index (Phi) is 7.83. The number of H-pyrrole nitrogens is 1. The van der Waals surface area contributed by atoms with Crippen molar-refractivity contribution in [3.8, 4) is 11.4 Å². The molecule has 0 aliphatic rings. The van der Waals surface area contributed by atoms with Crippen LogP contribution >= 0.6 is 11.8 Å². The molecule has 0 spiro atoms. The second-order valence-electron chi connectivity index (χ2n) is 6.78. The molecular weight excluding hydrogens is 434 g/mol. The molecule has 2 N–H and O–H groups in total. The molecule has 0 aliphatic heterocycles. The van der Waals surface area contributed by atoms with Crippen molar-refractivity contribution in [2.75, 3.05) is 25.4 Å². The van der Waals surface area contributed by atoms with Crippen molar-refractivity contribution in [2.24, 2.45) is 0 Å². The van der Waals surface area contributed by atoms with Crippen LogP contribution in [-0.2, 0) is 14.8 Å². The van der Waals surface area contributed by atoms with Gasteiger partial charge in [-0.15, -0.1) is 5.10 Å². The van der Waals surface area contributed by atoms with E-state index in [9.17, 15) is 13.2 Å². The lowest BCUT2D eigenvalue weighted by Crippen LogP contribution is -2.41. The Labute approximate surface area is 186 Å². The van der Waals surface area contributed by atoms with Crippen molar-refractivity contribution >= 4 is 27.7 Å². The van der Waals surface area contributed by atoms with Crippen molar-refractivity contribution < 1.29 is 13.2 Å². The van der Waals surface area contributed by atoms with Gasteiger partial charge in [-0.25, -0.2) is 13.4 Å². The maximum absolute atomic E-state index is 12.8. The molecule has 0 bridgehead atoms. The van der Waals surface area contributed by atoms with Gasteiger partial charge in [0.15, 0.2) is 5.82 Å². The smallest absolute Gasteiger partial charge is 0.243 e. The second kappa shape index (κ2) is 10.6. The molecular formula is C21H25N5O3S2. The Balaban J connectivity index is 1.47. The Hall–Kier alpha value is -2.69. The SMILES string of the molecule is CCN(CC(=O)NCCSc1n[nH]c(-c2ccccc2)n1)S(=O)(=O)c1ccc(C)cc1. The maximum Gasteiger partial charge on any atom is 0.243 e. The van der Waals surface area contributed by atoms with Gasteiger partial charge in [0.2, 0.25) is 21.1 Å². The van der Waals surface area contributed by atoms with E-state index in [0.717, 1.165) is 11.1 Å². The first kappa shape index (κ1) is 23.0. The normalized spacial score (nSPS) is 11.6. The number of thioether (sulfide) groups is 1. The summed E-state index contributed by atoms with van der Waals surface area (Å²) in [6.45, 7) is 3.96. The third kappa shape index (κ3) is 6.16. The van der Waals surface area contributed by atoms with Crippen LogP contribution in [-0.4, -0.2) is 59.2 Å². The number of aryl methyl sites for hydroxylation is 1. The van der Waals surface area contributed by atoms with Crippen LogP contribution in [0.2, 0.25) is 0 Å². The summed E-state index contributed by atoms with van der Waals surface area (Å²) in [4.78, 5) is 16.9. The van der Waals surface area contributed by atoms with E-state index in [-0.39, 0.29) is 23.9 Å². The summed E-state index contributed by atoms with van der Waals surface area (Å²) < 4.78 is 26.7. The molecule has 0 saturated heterocycles. The van der Waals surface area contributed by atoms with Crippen molar-refractivity contribution in [3.63, 3.8) is 0 Å². The molecule has 0 fully saturated rings. The molecule has 10 heteroatoms. The molecule has 164 valence electrons. The molecule has 3 aromatic rings.